The first kappa shape index (κ1) is 12.4. The Morgan fingerprint density at radius 3 is 2.62 bits per heavy atom. The number of nitrogens with zero attached hydrogens (tertiary/aromatic N) is 1. The molecule has 0 heterocycles. The zero-order chi connectivity index (χ0) is 10.3. The highest BCUT2D eigenvalue weighted by atomic mass is 16.5. The van der Waals surface area contributed by atoms with Gasteiger partial charge in [-0.1, -0.05) is 6.92 Å². The van der Waals surface area contributed by atoms with Gasteiger partial charge in [-0.25, -0.2) is 0 Å². The molecule has 0 aliphatic heterocycles. The number of carbonyl (C=O) groups excluding carboxylic acids is 1. The van der Waals surface area contributed by atoms with Crippen molar-refractivity contribution >= 4 is 5.91 Å². The van der Waals surface area contributed by atoms with Crippen molar-refractivity contribution in [1.82, 2.24) is 4.90 Å². The number of hydrogen-bond donors (Lipinski definition) is 1. The van der Waals surface area contributed by atoms with Crippen LogP contribution < -0.4 is 5.73 Å². The number of amides is 1. The summed E-state index contributed by atoms with van der Waals surface area (Å²) in [4.78, 5) is 13.2. The third-order valence-electron chi connectivity index (χ3n) is 1.98. The molecular formula is C9H20N2O2. The molecule has 78 valence electrons. The summed E-state index contributed by atoms with van der Waals surface area (Å²) in [6.45, 7) is 3.22. The topological polar surface area (TPSA) is 55.6 Å². The Bertz CT molecular complexity index is 147. The Morgan fingerprint density at radius 1 is 1.62 bits per heavy atom. The minimum absolute atomic E-state index is 0.0964. The lowest BCUT2D eigenvalue weighted by Gasteiger charge is -2.19. The van der Waals surface area contributed by atoms with E-state index in [0.29, 0.717) is 13.0 Å². The highest BCUT2D eigenvalue weighted by Gasteiger charge is 2.14. The SMILES string of the molecule is CCCN(C)C(=O)CC(CN)OC. The average molecular weight is 188 g/mol. The number of nitrogens with two attached hydrogens (primary N) is 1. The predicted octanol–water partition coefficient (Wildman–Crippen LogP) is 0.219. The number of rotatable bonds is 6. The molecule has 0 spiro atoms. The molecule has 0 fully saturated rings. The van der Waals surface area contributed by atoms with Crippen LogP contribution >= 0.6 is 0 Å². The second-order valence-electron chi connectivity index (χ2n) is 3.11. The van der Waals surface area contributed by atoms with Crippen molar-refractivity contribution in [2.75, 3.05) is 27.2 Å². The standard InChI is InChI=1S/C9H20N2O2/c1-4-5-11(2)9(12)6-8(7-10)13-3/h8H,4-7,10H2,1-3H3. The van der Waals surface area contributed by atoms with Gasteiger partial charge in [-0.2, -0.15) is 0 Å². The summed E-state index contributed by atoms with van der Waals surface area (Å²) in [5.74, 6) is 0.0964. The minimum Gasteiger partial charge on any atom is -0.380 e. The minimum atomic E-state index is -0.146. The lowest BCUT2D eigenvalue weighted by atomic mass is 10.2. The van der Waals surface area contributed by atoms with Crippen molar-refractivity contribution in [1.29, 1.82) is 0 Å². The quantitative estimate of drug-likeness (QED) is 0.648. The van der Waals surface area contributed by atoms with Crippen LogP contribution in [0.3, 0.4) is 0 Å². The summed E-state index contributed by atoms with van der Waals surface area (Å²) < 4.78 is 5.03. The van der Waals surface area contributed by atoms with Crippen molar-refractivity contribution in [3.63, 3.8) is 0 Å². The monoisotopic (exact) mass is 188 g/mol. The predicted molar refractivity (Wildman–Crippen MR) is 52.4 cm³/mol. The van der Waals surface area contributed by atoms with E-state index in [2.05, 4.69) is 0 Å². The summed E-state index contributed by atoms with van der Waals surface area (Å²) in [7, 11) is 3.37. The lowest BCUT2D eigenvalue weighted by Crippen LogP contribution is -2.34. The fraction of sp³-hybridized carbons (Fsp3) is 0.889. The van der Waals surface area contributed by atoms with Crippen molar-refractivity contribution in [2.24, 2.45) is 5.73 Å². The Morgan fingerprint density at radius 2 is 2.23 bits per heavy atom. The van der Waals surface area contributed by atoms with Crippen LogP contribution in [-0.2, 0) is 9.53 Å². The normalized spacial score (nSPS) is 12.6. The van der Waals surface area contributed by atoms with Crippen molar-refractivity contribution in [3.05, 3.63) is 0 Å². The molecule has 1 amide bonds. The van der Waals surface area contributed by atoms with E-state index in [1.807, 2.05) is 6.92 Å². The summed E-state index contributed by atoms with van der Waals surface area (Å²) in [5.41, 5.74) is 5.41. The van der Waals surface area contributed by atoms with Gasteiger partial charge < -0.3 is 15.4 Å². The maximum atomic E-state index is 11.5. The van der Waals surface area contributed by atoms with E-state index < -0.39 is 0 Å². The summed E-state index contributed by atoms with van der Waals surface area (Å²) in [6.07, 6.45) is 1.21. The van der Waals surface area contributed by atoms with Crippen LogP contribution in [0.15, 0.2) is 0 Å². The molecular weight excluding hydrogens is 168 g/mol. The summed E-state index contributed by atoms with van der Waals surface area (Å²) >= 11 is 0. The highest BCUT2D eigenvalue weighted by Crippen LogP contribution is 1.99. The van der Waals surface area contributed by atoms with Gasteiger partial charge in [0.05, 0.1) is 12.5 Å². The Hall–Kier alpha value is -0.610. The molecule has 4 heteroatoms. The van der Waals surface area contributed by atoms with Gasteiger partial charge in [-0.3, -0.25) is 4.79 Å². The number of ether oxygens (including phenoxy) is 1. The van der Waals surface area contributed by atoms with E-state index >= 15 is 0 Å². The smallest absolute Gasteiger partial charge is 0.224 e. The fourth-order valence-corrected chi connectivity index (χ4v) is 1.07. The van der Waals surface area contributed by atoms with Gasteiger partial charge in [0.2, 0.25) is 5.91 Å². The molecule has 1 atom stereocenters. The van der Waals surface area contributed by atoms with Crippen LogP contribution in [0.25, 0.3) is 0 Å². The van der Waals surface area contributed by atoms with Gasteiger partial charge in [-0.05, 0) is 6.42 Å². The first-order valence-corrected chi connectivity index (χ1v) is 4.62. The molecule has 0 aromatic carbocycles. The molecule has 0 rings (SSSR count). The van der Waals surface area contributed by atoms with E-state index in [1.165, 1.54) is 0 Å². The second kappa shape index (κ2) is 6.86. The molecule has 0 saturated heterocycles. The highest BCUT2D eigenvalue weighted by molar-refractivity contribution is 5.76. The third kappa shape index (κ3) is 4.85. The summed E-state index contributed by atoms with van der Waals surface area (Å²) in [6, 6.07) is 0. The van der Waals surface area contributed by atoms with E-state index in [0.717, 1.165) is 13.0 Å². The van der Waals surface area contributed by atoms with Gasteiger partial charge in [0.1, 0.15) is 0 Å². The Labute approximate surface area is 80.0 Å². The van der Waals surface area contributed by atoms with E-state index in [-0.39, 0.29) is 12.0 Å². The zero-order valence-corrected chi connectivity index (χ0v) is 8.75. The molecule has 1 unspecified atom stereocenters. The van der Waals surface area contributed by atoms with E-state index in [4.69, 9.17) is 10.5 Å². The fourth-order valence-electron chi connectivity index (χ4n) is 1.07. The molecule has 2 N–H and O–H groups in total. The van der Waals surface area contributed by atoms with Gasteiger partial charge in [0, 0.05) is 27.2 Å². The molecule has 0 bridgehead atoms. The van der Waals surface area contributed by atoms with Crippen molar-refractivity contribution < 1.29 is 9.53 Å². The largest absolute Gasteiger partial charge is 0.380 e. The molecule has 13 heavy (non-hydrogen) atoms. The van der Waals surface area contributed by atoms with Gasteiger partial charge in [-0.15, -0.1) is 0 Å². The Kier molecular flexibility index (Phi) is 6.54. The van der Waals surface area contributed by atoms with Crippen LogP contribution in [0, 0.1) is 0 Å². The molecule has 0 saturated carbocycles. The van der Waals surface area contributed by atoms with E-state index in [9.17, 15) is 4.79 Å². The third-order valence-corrected chi connectivity index (χ3v) is 1.98. The van der Waals surface area contributed by atoms with Crippen LogP contribution in [0.1, 0.15) is 19.8 Å². The average Bonchev–Trinajstić information content (AvgIpc) is 2.14. The number of methoxy groups -OCH3 is 1. The van der Waals surface area contributed by atoms with Crippen LogP contribution in [0.4, 0.5) is 0 Å². The lowest BCUT2D eigenvalue weighted by molar-refractivity contribution is -0.132. The van der Waals surface area contributed by atoms with Crippen molar-refractivity contribution in [2.45, 2.75) is 25.9 Å². The molecule has 0 radical (unpaired) electrons. The van der Waals surface area contributed by atoms with Gasteiger partial charge in [0.25, 0.3) is 0 Å². The first-order valence-electron chi connectivity index (χ1n) is 4.62. The Balaban J connectivity index is 3.83. The first-order chi connectivity index (χ1) is 6.15. The number of hydrogen-bond acceptors (Lipinski definition) is 3. The zero-order valence-electron chi connectivity index (χ0n) is 8.75. The second-order valence-corrected chi connectivity index (χ2v) is 3.11. The molecule has 0 aromatic heterocycles. The molecule has 4 nitrogen and oxygen atoms in total. The molecule has 0 aliphatic carbocycles. The maximum absolute atomic E-state index is 11.5. The molecule has 0 aliphatic rings. The molecule has 0 aromatic rings. The van der Waals surface area contributed by atoms with Crippen molar-refractivity contribution in [3.8, 4) is 0 Å². The number of carbonyl (C=O) groups is 1. The van der Waals surface area contributed by atoms with Gasteiger partial charge in [0.15, 0.2) is 0 Å². The summed E-state index contributed by atoms with van der Waals surface area (Å²) in [5, 5.41) is 0. The van der Waals surface area contributed by atoms with Crippen LogP contribution in [-0.4, -0.2) is 44.2 Å². The maximum Gasteiger partial charge on any atom is 0.224 e. The van der Waals surface area contributed by atoms with Gasteiger partial charge >= 0.3 is 0 Å². The van der Waals surface area contributed by atoms with Crippen LogP contribution in [0.5, 0.6) is 0 Å². The van der Waals surface area contributed by atoms with E-state index in [1.54, 1.807) is 19.1 Å². The van der Waals surface area contributed by atoms with Crippen LogP contribution in [0.2, 0.25) is 0 Å².